The van der Waals surface area contributed by atoms with Gasteiger partial charge in [-0.2, -0.15) is 0 Å². The summed E-state index contributed by atoms with van der Waals surface area (Å²) >= 11 is 1.78. The summed E-state index contributed by atoms with van der Waals surface area (Å²) in [6.45, 7) is 7.76. The predicted molar refractivity (Wildman–Crippen MR) is 119 cm³/mol. The van der Waals surface area contributed by atoms with Gasteiger partial charge >= 0.3 is 5.97 Å². The van der Waals surface area contributed by atoms with E-state index in [1.54, 1.807) is 11.8 Å². The van der Waals surface area contributed by atoms with E-state index in [9.17, 15) is 4.79 Å². The Labute approximate surface area is 178 Å². The molecule has 0 radical (unpaired) electrons. The molecule has 1 unspecified atom stereocenters. The monoisotopic (exact) mass is 419 g/mol. The first kappa shape index (κ1) is 22.0. The molecule has 160 valence electrons. The number of aromatic nitrogens is 1. The van der Waals surface area contributed by atoms with Crippen LogP contribution in [0.2, 0.25) is 0 Å². The molecule has 1 atom stereocenters. The number of carboxylic acid groups (broad SMARTS) is 1. The van der Waals surface area contributed by atoms with Crippen molar-refractivity contribution in [2.45, 2.75) is 69.0 Å². The molecule has 0 spiro atoms. The fourth-order valence-electron chi connectivity index (χ4n) is 3.98. The van der Waals surface area contributed by atoms with Crippen molar-refractivity contribution < 1.29 is 14.6 Å². The molecule has 0 bridgehead atoms. The Morgan fingerprint density at radius 1 is 1.34 bits per heavy atom. The zero-order valence-electron chi connectivity index (χ0n) is 17.4. The highest BCUT2D eigenvalue weighted by atomic mass is 32.2. The molecule has 7 heteroatoms. The zero-order valence-corrected chi connectivity index (χ0v) is 18.2. The summed E-state index contributed by atoms with van der Waals surface area (Å²) in [5.41, 5.74) is 2.06. The lowest BCUT2D eigenvalue weighted by Gasteiger charge is -2.26. The van der Waals surface area contributed by atoms with Crippen molar-refractivity contribution in [3.63, 3.8) is 0 Å². The average Bonchev–Trinajstić information content (AvgIpc) is 3.20. The molecule has 3 rings (SSSR count). The first-order valence-corrected chi connectivity index (χ1v) is 11.7. The van der Waals surface area contributed by atoms with Crippen molar-refractivity contribution >= 4 is 29.2 Å². The number of rotatable bonds is 10. The van der Waals surface area contributed by atoms with Crippen LogP contribution in [-0.4, -0.2) is 53.7 Å². The molecular weight excluding hydrogens is 386 g/mol. The van der Waals surface area contributed by atoms with Crippen molar-refractivity contribution in [3.05, 3.63) is 24.3 Å². The quantitative estimate of drug-likeness (QED) is 0.552. The molecule has 1 aliphatic heterocycles. The second-order valence-electron chi connectivity index (χ2n) is 7.89. The molecule has 2 aliphatic rings. The van der Waals surface area contributed by atoms with E-state index >= 15 is 0 Å². The van der Waals surface area contributed by atoms with Crippen LogP contribution < -0.4 is 10.2 Å². The van der Waals surface area contributed by atoms with E-state index in [4.69, 9.17) is 14.8 Å². The van der Waals surface area contributed by atoms with E-state index in [0.717, 1.165) is 47.2 Å². The molecule has 0 aromatic carbocycles. The van der Waals surface area contributed by atoms with E-state index in [0.29, 0.717) is 12.6 Å². The Morgan fingerprint density at radius 3 is 2.86 bits per heavy atom. The lowest BCUT2D eigenvalue weighted by molar-refractivity contribution is -0.143. The Balaban J connectivity index is 1.68. The minimum absolute atomic E-state index is 0.0535. The summed E-state index contributed by atoms with van der Waals surface area (Å²) < 4.78 is 5.46. The van der Waals surface area contributed by atoms with Gasteiger partial charge in [0.2, 0.25) is 0 Å². The Hall–Kier alpha value is -1.73. The number of anilines is 1. The van der Waals surface area contributed by atoms with E-state index in [1.165, 1.54) is 32.1 Å². The molecule has 1 aliphatic carbocycles. The van der Waals surface area contributed by atoms with Gasteiger partial charge in [0.25, 0.3) is 0 Å². The number of nitrogens with one attached hydrogen (secondary N) is 1. The van der Waals surface area contributed by atoms with E-state index in [-0.39, 0.29) is 12.7 Å². The van der Waals surface area contributed by atoms with E-state index in [1.807, 2.05) is 0 Å². The average molecular weight is 420 g/mol. The smallest absolute Gasteiger partial charge is 0.329 e. The molecule has 1 saturated carbocycles. The first-order valence-electron chi connectivity index (χ1n) is 10.7. The molecule has 2 fully saturated rings. The third-order valence-corrected chi connectivity index (χ3v) is 6.71. The minimum atomic E-state index is -0.923. The standard InChI is InChI=1S/C22H33N3O3S/c1-3-13-29-22-19(16(2)23-17-7-5-4-6-8-17)9-10-20(24-22)25-12-11-18(14-25)28-15-21(26)27/h9-10,17-18,23H,2-8,11-15H2,1H3,(H,26,27). The second-order valence-corrected chi connectivity index (χ2v) is 8.97. The van der Waals surface area contributed by atoms with Gasteiger partial charge in [-0.25, -0.2) is 9.78 Å². The molecule has 6 nitrogen and oxygen atoms in total. The van der Waals surface area contributed by atoms with Gasteiger partial charge in [-0.05, 0) is 43.6 Å². The van der Waals surface area contributed by atoms with Gasteiger partial charge in [0.15, 0.2) is 0 Å². The van der Waals surface area contributed by atoms with Crippen LogP contribution in [0, 0.1) is 0 Å². The van der Waals surface area contributed by atoms with Gasteiger partial charge < -0.3 is 20.1 Å². The molecule has 1 saturated heterocycles. The van der Waals surface area contributed by atoms with Gasteiger partial charge in [0, 0.05) is 30.4 Å². The van der Waals surface area contributed by atoms with Crippen molar-refractivity contribution in [2.75, 3.05) is 30.3 Å². The third-order valence-electron chi connectivity index (χ3n) is 5.51. The molecule has 2 N–H and O–H groups in total. The summed E-state index contributed by atoms with van der Waals surface area (Å²) in [5.74, 6) is 1.03. The van der Waals surface area contributed by atoms with Gasteiger partial charge in [-0.15, -0.1) is 11.8 Å². The van der Waals surface area contributed by atoms with Gasteiger partial charge in [0.1, 0.15) is 17.5 Å². The largest absolute Gasteiger partial charge is 0.480 e. The van der Waals surface area contributed by atoms with Crippen molar-refractivity contribution in [1.82, 2.24) is 10.3 Å². The van der Waals surface area contributed by atoms with Crippen LogP contribution in [0.1, 0.15) is 57.4 Å². The number of thioether (sulfide) groups is 1. The maximum absolute atomic E-state index is 10.7. The van der Waals surface area contributed by atoms with Crippen LogP contribution in [0.25, 0.3) is 5.70 Å². The van der Waals surface area contributed by atoms with Crippen LogP contribution in [0.4, 0.5) is 5.82 Å². The molecule has 0 amide bonds. The fourth-order valence-corrected chi connectivity index (χ4v) is 4.88. The van der Waals surface area contributed by atoms with Crippen LogP contribution in [0.3, 0.4) is 0 Å². The van der Waals surface area contributed by atoms with Crippen molar-refractivity contribution in [1.29, 1.82) is 0 Å². The molecule has 29 heavy (non-hydrogen) atoms. The van der Waals surface area contributed by atoms with Crippen LogP contribution in [0.15, 0.2) is 23.7 Å². The lowest BCUT2D eigenvalue weighted by atomic mass is 9.95. The second kappa shape index (κ2) is 10.9. The van der Waals surface area contributed by atoms with E-state index in [2.05, 4.69) is 35.9 Å². The summed E-state index contributed by atoms with van der Waals surface area (Å²) in [7, 11) is 0. The summed E-state index contributed by atoms with van der Waals surface area (Å²) in [5, 5.41) is 13.5. The number of carboxylic acids is 1. The Bertz CT molecular complexity index is 707. The maximum atomic E-state index is 10.7. The lowest BCUT2D eigenvalue weighted by Crippen LogP contribution is -2.29. The minimum Gasteiger partial charge on any atom is -0.480 e. The Kier molecular flexibility index (Phi) is 8.24. The molecule has 1 aromatic rings. The third kappa shape index (κ3) is 6.37. The number of carbonyl (C=O) groups is 1. The zero-order chi connectivity index (χ0) is 20.6. The molecule has 2 heterocycles. The van der Waals surface area contributed by atoms with Crippen LogP contribution in [0.5, 0.6) is 0 Å². The summed E-state index contributed by atoms with van der Waals surface area (Å²) in [6, 6.07) is 4.70. The highest BCUT2D eigenvalue weighted by molar-refractivity contribution is 7.99. The van der Waals surface area contributed by atoms with Crippen LogP contribution in [-0.2, 0) is 9.53 Å². The van der Waals surface area contributed by atoms with Gasteiger partial charge in [0.05, 0.1) is 6.10 Å². The predicted octanol–water partition coefficient (Wildman–Crippen LogP) is 4.16. The topological polar surface area (TPSA) is 74.7 Å². The number of hydrogen-bond acceptors (Lipinski definition) is 6. The number of pyridine rings is 1. The number of aliphatic carboxylic acids is 1. The summed E-state index contributed by atoms with van der Waals surface area (Å²) in [6.07, 6.45) is 8.21. The SMILES string of the molecule is C=C(NC1CCCCC1)c1ccc(N2CCC(OCC(=O)O)C2)nc1SCCC. The van der Waals surface area contributed by atoms with Crippen molar-refractivity contribution in [2.24, 2.45) is 0 Å². The normalized spacial score (nSPS) is 20.0. The molecule has 1 aromatic heterocycles. The van der Waals surface area contributed by atoms with Crippen LogP contribution >= 0.6 is 11.8 Å². The Morgan fingerprint density at radius 2 is 2.14 bits per heavy atom. The fraction of sp³-hybridized carbons (Fsp3) is 0.636. The van der Waals surface area contributed by atoms with E-state index < -0.39 is 5.97 Å². The highest BCUT2D eigenvalue weighted by Gasteiger charge is 2.25. The van der Waals surface area contributed by atoms with Crippen molar-refractivity contribution in [3.8, 4) is 0 Å². The molecular formula is C22H33N3O3S. The van der Waals surface area contributed by atoms with Gasteiger partial charge in [-0.3, -0.25) is 0 Å². The maximum Gasteiger partial charge on any atom is 0.329 e. The summed E-state index contributed by atoms with van der Waals surface area (Å²) in [4.78, 5) is 17.9. The first-order chi connectivity index (χ1) is 14.1. The number of ether oxygens (including phenoxy) is 1. The number of nitrogens with zero attached hydrogens (tertiary/aromatic N) is 2. The number of hydrogen-bond donors (Lipinski definition) is 2. The highest BCUT2D eigenvalue weighted by Crippen LogP contribution is 2.31. The van der Waals surface area contributed by atoms with Gasteiger partial charge in [-0.1, -0.05) is 32.8 Å².